The average Bonchev–Trinajstić information content (AvgIpc) is 2.73. The summed E-state index contributed by atoms with van der Waals surface area (Å²) in [5, 5.41) is 7.05. The maximum atomic E-state index is 12.1. The molecule has 3 atom stereocenters. The highest BCUT2D eigenvalue weighted by Gasteiger charge is 2.28. The van der Waals surface area contributed by atoms with Crippen molar-refractivity contribution in [1.82, 2.24) is 15.5 Å². The first-order chi connectivity index (χ1) is 13.9. The van der Waals surface area contributed by atoms with Crippen molar-refractivity contribution in [2.45, 2.75) is 64.6 Å². The molecule has 0 bridgehead atoms. The lowest BCUT2D eigenvalue weighted by Crippen LogP contribution is -2.49. The Kier molecular flexibility index (Phi) is 9.45. The van der Waals surface area contributed by atoms with Crippen LogP contribution in [0.15, 0.2) is 35.3 Å². The number of carbonyl (C=O) groups is 1. The van der Waals surface area contributed by atoms with E-state index in [9.17, 15) is 4.79 Å². The summed E-state index contributed by atoms with van der Waals surface area (Å²) in [5.74, 6) is 1.26. The molecule has 0 saturated carbocycles. The minimum absolute atomic E-state index is 0.0136. The van der Waals surface area contributed by atoms with Gasteiger partial charge < -0.3 is 20.3 Å². The van der Waals surface area contributed by atoms with Crippen LogP contribution in [0.5, 0.6) is 0 Å². The number of benzene rings is 1. The summed E-state index contributed by atoms with van der Waals surface area (Å²) >= 11 is 0. The molecular formula is C23H38N4O2. The van der Waals surface area contributed by atoms with Crippen LogP contribution in [-0.4, -0.2) is 56.2 Å². The normalized spacial score (nSPS) is 21.0. The fraction of sp³-hybridized carbons (Fsp3) is 0.652. The molecule has 0 aliphatic carbocycles. The molecule has 1 aliphatic rings. The minimum Gasteiger partial charge on any atom is -0.378 e. The van der Waals surface area contributed by atoms with Gasteiger partial charge in [-0.05, 0) is 31.2 Å². The van der Waals surface area contributed by atoms with Crippen LogP contribution in [0.1, 0.15) is 58.1 Å². The van der Waals surface area contributed by atoms with Crippen LogP contribution in [-0.2, 0) is 9.53 Å². The molecule has 1 heterocycles. The molecule has 2 rings (SSSR count). The van der Waals surface area contributed by atoms with Gasteiger partial charge in [0, 0.05) is 26.7 Å². The summed E-state index contributed by atoms with van der Waals surface area (Å²) in [5.41, 5.74) is 1.18. The van der Waals surface area contributed by atoms with E-state index >= 15 is 0 Å². The van der Waals surface area contributed by atoms with Gasteiger partial charge >= 0.3 is 0 Å². The zero-order valence-corrected chi connectivity index (χ0v) is 18.6. The second-order valence-corrected chi connectivity index (χ2v) is 8.08. The standard InChI is InChI=1S/C23H38N4O2/c1-6-18(7-2)21-15-20(13-14-29-21)26-23(24-16-22(28)27(4)5)25-17(3)19-11-9-8-10-12-19/h8-12,17-18,20-21H,6-7,13-16H2,1-5H3,(H2,24,25,26). The molecule has 0 aromatic heterocycles. The molecular weight excluding hydrogens is 364 g/mol. The number of hydrogen-bond donors (Lipinski definition) is 2. The lowest BCUT2D eigenvalue weighted by atomic mass is 9.89. The largest absolute Gasteiger partial charge is 0.378 e. The molecule has 1 aliphatic heterocycles. The Hall–Kier alpha value is -2.08. The van der Waals surface area contributed by atoms with Gasteiger partial charge in [0.05, 0.1) is 12.1 Å². The molecule has 1 fully saturated rings. The molecule has 1 aromatic carbocycles. The van der Waals surface area contributed by atoms with Gasteiger partial charge in [0.15, 0.2) is 5.96 Å². The monoisotopic (exact) mass is 402 g/mol. The second kappa shape index (κ2) is 11.8. The Labute approximate surface area is 176 Å². The second-order valence-electron chi connectivity index (χ2n) is 8.08. The Morgan fingerprint density at radius 2 is 1.93 bits per heavy atom. The number of hydrogen-bond acceptors (Lipinski definition) is 3. The third kappa shape index (κ3) is 7.35. The molecule has 0 radical (unpaired) electrons. The molecule has 1 aromatic rings. The third-order valence-corrected chi connectivity index (χ3v) is 5.75. The van der Waals surface area contributed by atoms with Crippen molar-refractivity contribution >= 4 is 11.9 Å². The first-order valence-corrected chi connectivity index (χ1v) is 10.9. The Morgan fingerprint density at radius 3 is 2.55 bits per heavy atom. The SMILES string of the molecule is CCC(CC)C1CC(NC(=NCC(=O)N(C)C)NC(C)c2ccccc2)CCO1. The third-order valence-electron chi connectivity index (χ3n) is 5.75. The Morgan fingerprint density at radius 1 is 1.24 bits per heavy atom. The smallest absolute Gasteiger partial charge is 0.243 e. The minimum atomic E-state index is -0.0136. The van der Waals surface area contributed by atoms with E-state index in [-0.39, 0.29) is 30.6 Å². The number of likely N-dealkylation sites (N-methyl/N-ethyl adjacent to an activating group) is 1. The van der Waals surface area contributed by atoms with Crippen LogP contribution in [0.25, 0.3) is 0 Å². The van der Waals surface area contributed by atoms with Crippen molar-refractivity contribution in [3.63, 3.8) is 0 Å². The van der Waals surface area contributed by atoms with Gasteiger partial charge in [-0.2, -0.15) is 0 Å². The average molecular weight is 403 g/mol. The molecule has 6 heteroatoms. The molecule has 2 N–H and O–H groups in total. The lowest BCUT2D eigenvalue weighted by molar-refractivity contribution is -0.127. The number of ether oxygens (including phenoxy) is 1. The summed E-state index contributed by atoms with van der Waals surface area (Å²) in [4.78, 5) is 18.2. The van der Waals surface area contributed by atoms with E-state index < -0.39 is 0 Å². The van der Waals surface area contributed by atoms with E-state index in [0.717, 1.165) is 32.3 Å². The zero-order valence-electron chi connectivity index (χ0n) is 18.6. The van der Waals surface area contributed by atoms with Crippen LogP contribution >= 0.6 is 0 Å². The maximum absolute atomic E-state index is 12.1. The fourth-order valence-corrected chi connectivity index (χ4v) is 3.75. The van der Waals surface area contributed by atoms with E-state index in [0.29, 0.717) is 11.9 Å². The van der Waals surface area contributed by atoms with Crippen LogP contribution in [0.2, 0.25) is 0 Å². The number of amides is 1. The molecule has 3 unspecified atom stereocenters. The zero-order chi connectivity index (χ0) is 21.2. The van der Waals surface area contributed by atoms with E-state index in [1.807, 2.05) is 18.2 Å². The number of nitrogens with one attached hydrogen (secondary N) is 2. The molecule has 6 nitrogen and oxygen atoms in total. The van der Waals surface area contributed by atoms with Gasteiger partial charge in [-0.3, -0.25) is 4.79 Å². The van der Waals surface area contributed by atoms with E-state index in [1.54, 1.807) is 19.0 Å². The summed E-state index contributed by atoms with van der Waals surface area (Å²) in [6.07, 6.45) is 4.46. The number of nitrogens with zero attached hydrogens (tertiary/aromatic N) is 2. The summed E-state index contributed by atoms with van der Waals surface area (Å²) in [6.45, 7) is 7.46. The van der Waals surface area contributed by atoms with Gasteiger partial charge in [0.2, 0.25) is 5.91 Å². The van der Waals surface area contributed by atoms with Gasteiger partial charge in [0.1, 0.15) is 6.54 Å². The van der Waals surface area contributed by atoms with E-state index in [2.05, 4.69) is 48.5 Å². The number of guanidine groups is 1. The van der Waals surface area contributed by atoms with Crippen molar-refractivity contribution in [3.05, 3.63) is 35.9 Å². The van der Waals surface area contributed by atoms with Crippen LogP contribution in [0.4, 0.5) is 0 Å². The van der Waals surface area contributed by atoms with Gasteiger partial charge in [-0.15, -0.1) is 0 Å². The summed E-state index contributed by atoms with van der Waals surface area (Å²) < 4.78 is 6.05. The predicted molar refractivity (Wildman–Crippen MR) is 119 cm³/mol. The molecule has 29 heavy (non-hydrogen) atoms. The maximum Gasteiger partial charge on any atom is 0.243 e. The number of rotatable bonds is 8. The highest BCUT2D eigenvalue weighted by molar-refractivity contribution is 5.85. The number of carbonyl (C=O) groups excluding carboxylic acids is 1. The summed E-state index contributed by atoms with van der Waals surface area (Å²) in [6, 6.07) is 10.7. The van der Waals surface area contributed by atoms with Crippen LogP contribution in [0.3, 0.4) is 0 Å². The van der Waals surface area contributed by atoms with Gasteiger partial charge in [0.25, 0.3) is 0 Å². The van der Waals surface area contributed by atoms with Crippen molar-refractivity contribution < 1.29 is 9.53 Å². The highest BCUT2D eigenvalue weighted by atomic mass is 16.5. The van der Waals surface area contributed by atoms with E-state index in [4.69, 9.17) is 4.74 Å². The van der Waals surface area contributed by atoms with E-state index in [1.165, 1.54) is 5.56 Å². The molecule has 162 valence electrons. The van der Waals surface area contributed by atoms with Crippen LogP contribution < -0.4 is 10.6 Å². The summed E-state index contributed by atoms with van der Waals surface area (Å²) in [7, 11) is 3.51. The van der Waals surface area contributed by atoms with Crippen molar-refractivity contribution in [2.75, 3.05) is 27.2 Å². The molecule has 1 saturated heterocycles. The first-order valence-electron chi connectivity index (χ1n) is 10.9. The quantitative estimate of drug-likeness (QED) is 0.517. The van der Waals surface area contributed by atoms with Crippen LogP contribution in [0, 0.1) is 5.92 Å². The topological polar surface area (TPSA) is 66.0 Å². The predicted octanol–water partition coefficient (Wildman–Crippen LogP) is 3.35. The van der Waals surface area contributed by atoms with Crippen molar-refractivity contribution in [1.29, 1.82) is 0 Å². The lowest BCUT2D eigenvalue weighted by Gasteiger charge is -2.35. The fourth-order valence-electron chi connectivity index (χ4n) is 3.75. The van der Waals surface area contributed by atoms with Crippen molar-refractivity contribution in [3.8, 4) is 0 Å². The Balaban J connectivity index is 2.08. The van der Waals surface area contributed by atoms with Gasteiger partial charge in [-0.1, -0.05) is 57.0 Å². The van der Waals surface area contributed by atoms with Crippen molar-refractivity contribution in [2.24, 2.45) is 10.9 Å². The molecule has 1 amide bonds. The number of aliphatic imine (C=N–C) groups is 1. The Bertz CT molecular complexity index is 644. The van der Waals surface area contributed by atoms with Gasteiger partial charge in [-0.25, -0.2) is 4.99 Å². The first kappa shape index (κ1) is 23.2. The highest BCUT2D eigenvalue weighted by Crippen LogP contribution is 2.25. The molecule has 0 spiro atoms.